The number of aliphatic hydroxyl groups excluding tert-OH is 1. The maximum absolute atomic E-state index is 14.1. The van der Waals surface area contributed by atoms with Gasteiger partial charge < -0.3 is 29.9 Å². The van der Waals surface area contributed by atoms with Crippen molar-refractivity contribution in [2.24, 2.45) is 0 Å². The first kappa shape index (κ1) is 30.6. The average Bonchev–Trinajstić information content (AvgIpc) is 3.12. The third-order valence-corrected chi connectivity index (χ3v) is 7.50. The molecule has 216 valence electrons. The lowest BCUT2D eigenvalue weighted by molar-refractivity contribution is -0.149. The van der Waals surface area contributed by atoms with E-state index in [1.807, 2.05) is 0 Å². The number of esters is 1. The van der Waals surface area contributed by atoms with Gasteiger partial charge in [-0.1, -0.05) is 18.2 Å². The second kappa shape index (κ2) is 12.1. The highest BCUT2D eigenvalue weighted by Crippen LogP contribution is 2.49. The van der Waals surface area contributed by atoms with Crippen molar-refractivity contribution in [3.05, 3.63) is 52.8 Å². The number of nitrogen functional groups attached to an aromatic ring is 1. The molecule has 1 saturated heterocycles. The van der Waals surface area contributed by atoms with E-state index in [4.69, 9.17) is 24.3 Å². The molecular formula is C23H31F2N4O9P. The van der Waals surface area contributed by atoms with Crippen LogP contribution < -0.4 is 21.0 Å². The fourth-order valence-electron chi connectivity index (χ4n) is 3.82. The third kappa shape index (κ3) is 6.80. The van der Waals surface area contributed by atoms with E-state index in [1.165, 1.54) is 26.0 Å². The molecule has 3 rings (SSSR count). The molecule has 7 atom stereocenters. The van der Waals surface area contributed by atoms with Crippen LogP contribution >= 0.6 is 7.75 Å². The molecule has 1 aromatic carbocycles. The highest BCUT2D eigenvalue weighted by molar-refractivity contribution is 7.52. The normalized spacial score (nSPS) is 26.1. The molecule has 0 saturated carbocycles. The molecule has 0 radical (unpaired) electrons. The van der Waals surface area contributed by atoms with Gasteiger partial charge in [-0.15, -0.1) is 0 Å². The highest BCUT2D eigenvalue weighted by atomic mass is 31.2. The van der Waals surface area contributed by atoms with Gasteiger partial charge in [0.2, 0.25) is 0 Å². The minimum atomic E-state index is -4.47. The minimum absolute atomic E-state index is 0.0889. The standard InChI is InChI=1S/C23H31F2N4O9P/c1-12(2)35-20(31)13(3)28-39(34,38-15-8-6-5-7-9-15)37-14(4)17-18(30)23(33,11-24)21(36-17)29-10-16(25)19(26)27-22(29)32/h5-10,12-14,17-18,21,30,33H,11H2,1-4H3,(H,28,34)(H2,26,27,32)/t13-,14+,17+,18?,21+,23+,39+/m0/s1. The quantitative estimate of drug-likeness (QED) is 0.223. The number of anilines is 1. The molecule has 1 fully saturated rings. The van der Waals surface area contributed by atoms with Crippen molar-refractivity contribution in [2.75, 3.05) is 12.4 Å². The Morgan fingerprint density at radius 2 is 1.95 bits per heavy atom. The average molecular weight is 576 g/mol. The van der Waals surface area contributed by atoms with Crippen molar-refractivity contribution in [1.82, 2.24) is 14.6 Å². The summed E-state index contributed by atoms with van der Waals surface area (Å²) >= 11 is 0. The number of nitrogens with two attached hydrogens (primary N) is 1. The Morgan fingerprint density at radius 1 is 1.31 bits per heavy atom. The topological polar surface area (TPSA) is 184 Å². The lowest BCUT2D eigenvalue weighted by Gasteiger charge is -2.30. The smallest absolute Gasteiger partial charge is 0.459 e. The zero-order valence-electron chi connectivity index (χ0n) is 21.6. The van der Waals surface area contributed by atoms with Gasteiger partial charge in [-0.2, -0.15) is 10.1 Å². The second-order valence-electron chi connectivity index (χ2n) is 9.24. The first-order chi connectivity index (χ1) is 18.2. The Kier molecular flexibility index (Phi) is 9.47. The number of nitrogens with one attached hydrogen (secondary N) is 1. The number of hydrogen-bond donors (Lipinski definition) is 4. The zero-order chi connectivity index (χ0) is 29.1. The van der Waals surface area contributed by atoms with Gasteiger partial charge in [-0.25, -0.2) is 18.1 Å². The lowest BCUT2D eigenvalue weighted by Crippen LogP contribution is -2.51. The van der Waals surface area contributed by atoms with Gasteiger partial charge in [-0.3, -0.25) is 13.9 Å². The number of benzene rings is 1. The monoisotopic (exact) mass is 576 g/mol. The largest absolute Gasteiger partial charge is 0.462 e. The molecule has 2 aromatic rings. The van der Waals surface area contributed by atoms with E-state index < -0.39 is 80.0 Å². The predicted octanol–water partition coefficient (Wildman–Crippen LogP) is 1.45. The Balaban J connectivity index is 1.91. The van der Waals surface area contributed by atoms with Gasteiger partial charge in [0.05, 0.1) is 18.4 Å². The van der Waals surface area contributed by atoms with Gasteiger partial charge in [0.1, 0.15) is 30.7 Å². The Hall–Kier alpha value is -2.94. The first-order valence-electron chi connectivity index (χ1n) is 11.9. The SMILES string of the molecule is CC(C)OC(=O)[C@H](C)N[P@](=O)(Oc1ccccc1)O[C@H](C)[C@H]1O[C@@H](n2cc(F)c(N)nc2=O)[C@@](O)(CF)C1O. The fraction of sp³-hybridized carbons (Fsp3) is 0.522. The maximum Gasteiger partial charge on any atom is 0.459 e. The van der Waals surface area contributed by atoms with Crippen LogP contribution in [0.5, 0.6) is 5.75 Å². The van der Waals surface area contributed by atoms with Crippen molar-refractivity contribution in [1.29, 1.82) is 0 Å². The van der Waals surface area contributed by atoms with E-state index in [1.54, 1.807) is 32.0 Å². The Morgan fingerprint density at radius 3 is 2.54 bits per heavy atom. The number of para-hydroxylation sites is 1. The lowest BCUT2D eigenvalue weighted by atomic mass is 9.93. The molecule has 0 bridgehead atoms. The number of aromatic nitrogens is 2. The number of carbonyl (C=O) groups is 1. The van der Waals surface area contributed by atoms with Crippen molar-refractivity contribution in [3.8, 4) is 5.75 Å². The minimum Gasteiger partial charge on any atom is -0.462 e. The van der Waals surface area contributed by atoms with Gasteiger partial charge in [-0.05, 0) is 39.8 Å². The zero-order valence-corrected chi connectivity index (χ0v) is 22.5. The number of halogens is 2. The maximum atomic E-state index is 14.1. The van der Waals surface area contributed by atoms with Gasteiger partial charge >= 0.3 is 19.4 Å². The van der Waals surface area contributed by atoms with E-state index >= 15 is 0 Å². The van der Waals surface area contributed by atoms with Crippen LogP contribution in [0.15, 0.2) is 41.3 Å². The van der Waals surface area contributed by atoms with E-state index in [2.05, 4.69) is 10.1 Å². The van der Waals surface area contributed by atoms with Crippen LogP contribution in [-0.4, -0.2) is 68.5 Å². The Labute approximate surface area is 222 Å². The van der Waals surface area contributed by atoms with E-state index in [0.717, 1.165) is 0 Å². The molecule has 1 aliphatic heterocycles. The van der Waals surface area contributed by atoms with Gasteiger partial charge in [0, 0.05) is 0 Å². The van der Waals surface area contributed by atoms with E-state index in [0.29, 0.717) is 10.8 Å². The van der Waals surface area contributed by atoms with Crippen LogP contribution in [0.25, 0.3) is 0 Å². The summed E-state index contributed by atoms with van der Waals surface area (Å²) in [5.41, 5.74) is 1.33. The summed E-state index contributed by atoms with van der Waals surface area (Å²) in [4.78, 5) is 27.9. The van der Waals surface area contributed by atoms with Gasteiger partial charge in [0.25, 0.3) is 0 Å². The molecule has 39 heavy (non-hydrogen) atoms. The van der Waals surface area contributed by atoms with Crippen LogP contribution in [0.1, 0.15) is 33.9 Å². The molecule has 0 amide bonds. The molecule has 1 aromatic heterocycles. The number of carbonyl (C=O) groups excluding carboxylic acids is 1. The molecule has 16 heteroatoms. The number of nitrogens with zero attached hydrogens (tertiary/aromatic N) is 2. The summed E-state index contributed by atoms with van der Waals surface area (Å²) in [6, 6.07) is 6.59. The van der Waals surface area contributed by atoms with Crippen molar-refractivity contribution in [3.63, 3.8) is 0 Å². The van der Waals surface area contributed by atoms with Crippen molar-refractivity contribution >= 4 is 19.5 Å². The molecule has 1 unspecified atom stereocenters. The number of alkyl halides is 1. The summed E-state index contributed by atoms with van der Waals surface area (Å²) in [6.07, 6.45) is -7.01. The highest BCUT2D eigenvalue weighted by Gasteiger charge is 2.59. The van der Waals surface area contributed by atoms with Crippen LogP contribution in [-0.2, 0) is 23.4 Å². The number of aliphatic hydroxyl groups is 2. The van der Waals surface area contributed by atoms with Crippen molar-refractivity contribution in [2.45, 2.75) is 70.0 Å². The summed E-state index contributed by atoms with van der Waals surface area (Å²) in [7, 11) is -4.47. The van der Waals surface area contributed by atoms with Crippen LogP contribution in [0.2, 0.25) is 0 Å². The molecule has 5 N–H and O–H groups in total. The second-order valence-corrected chi connectivity index (χ2v) is 10.9. The molecule has 0 spiro atoms. The number of ether oxygens (including phenoxy) is 2. The molecule has 2 heterocycles. The molecular weight excluding hydrogens is 545 g/mol. The van der Waals surface area contributed by atoms with Gasteiger partial charge in [0.15, 0.2) is 23.5 Å². The van der Waals surface area contributed by atoms with Crippen molar-refractivity contribution < 1.29 is 46.9 Å². The number of hydrogen-bond acceptors (Lipinski definition) is 11. The third-order valence-electron chi connectivity index (χ3n) is 5.73. The summed E-state index contributed by atoms with van der Waals surface area (Å²) < 4.78 is 64.2. The summed E-state index contributed by atoms with van der Waals surface area (Å²) in [6.45, 7) is 4.23. The molecule has 1 aliphatic rings. The first-order valence-corrected chi connectivity index (χ1v) is 13.4. The Bertz CT molecular complexity index is 1270. The molecule has 13 nitrogen and oxygen atoms in total. The molecule has 0 aliphatic carbocycles. The fourth-order valence-corrected chi connectivity index (χ4v) is 5.51. The van der Waals surface area contributed by atoms with Crippen LogP contribution in [0, 0.1) is 5.82 Å². The van der Waals surface area contributed by atoms with Crippen LogP contribution in [0.4, 0.5) is 14.6 Å². The van der Waals surface area contributed by atoms with Crippen LogP contribution in [0.3, 0.4) is 0 Å². The van der Waals surface area contributed by atoms with E-state index in [-0.39, 0.29) is 5.75 Å². The predicted molar refractivity (Wildman–Crippen MR) is 133 cm³/mol. The summed E-state index contributed by atoms with van der Waals surface area (Å²) in [5, 5.41) is 24.2. The van der Waals surface area contributed by atoms with E-state index in [9.17, 15) is 33.1 Å². The number of rotatable bonds is 11. The summed E-state index contributed by atoms with van der Waals surface area (Å²) in [5.74, 6) is -2.57.